The largest absolute Gasteiger partial charge is 0.480 e. The van der Waals surface area contributed by atoms with Crippen LogP contribution in [0.15, 0.2) is 72.9 Å². The van der Waals surface area contributed by atoms with Gasteiger partial charge >= 0.3 is 19.8 Å². The van der Waals surface area contributed by atoms with Gasteiger partial charge in [-0.25, -0.2) is 4.57 Å². The Kier molecular flexibility index (Phi) is 39.7. The monoisotopic (exact) mass is 822 g/mol. The van der Waals surface area contributed by atoms with Gasteiger partial charge in [0.25, 0.3) is 0 Å². The Balaban J connectivity index is 4.28. The van der Waals surface area contributed by atoms with Crippen molar-refractivity contribution >= 4 is 19.8 Å². The van der Waals surface area contributed by atoms with E-state index in [0.717, 1.165) is 89.9 Å². The number of hydrogen-bond donors (Lipinski definition) is 3. The third-order valence-corrected chi connectivity index (χ3v) is 9.92. The lowest BCUT2D eigenvalue weighted by Gasteiger charge is -2.20. The first-order valence-corrected chi connectivity index (χ1v) is 23.5. The molecule has 0 aromatic rings. The highest BCUT2D eigenvalue weighted by molar-refractivity contribution is 7.47. The SMILES string of the molecule is CC/C=C\C/C=C\C/C=C\C/C=C\CCCCCCCCCOCC(COP(=O)(O)OCC(N)C(=O)O)OC(=O)CCCCCCC/C=C\C/C=C\CCCCC. The molecule has 0 aliphatic heterocycles. The summed E-state index contributed by atoms with van der Waals surface area (Å²) >= 11 is 0. The summed E-state index contributed by atoms with van der Waals surface area (Å²) in [6.07, 6.45) is 50.9. The van der Waals surface area contributed by atoms with Crippen LogP contribution in [0.1, 0.15) is 168 Å². The number of ether oxygens (including phenoxy) is 2. The topological polar surface area (TPSA) is 155 Å². The molecule has 0 heterocycles. The highest BCUT2D eigenvalue weighted by atomic mass is 31.2. The van der Waals surface area contributed by atoms with Crippen molar-refractivity contribution in [2.75, 3.05) is 26.4 Å². The molecule has 11 heteroatoms. The van der Waals surface area contributed by atoms with Crippen LogP contribution in [0.25, 0.3) is 0 Å². The maximum atomic E-state index is 12.6. The van der Waals surface area contributed by atoms with Crippen molar-refractivity contribution in [1.82, 2.24) is 0 Å². The lowest BCUT2D eigenvalue weighted by Crippen LogP contribution is -2.34. The number of carbonyl (C=O) groups excluding carboxylic acids is 1. The zero-order valence-electron chi connectivity index (χ0n) is 35.7. The fourth-order valence-electron chi connectivity index (χ4n) is 5.56. The van der Waals surface area contributed by atoms with E-state index < -0.39 is 45.1 Å². The van der Waals surface area contributed by atoms with Crippen LogP contribution in [0.3, 0.4) is 0 Å². The quantitative estimate of drug-likeness (QED) is 0.0235. The number of phosphoric ester groups is 1. The summed E-state index contributed by atoms with van der Waals surface area (Å²) in [6, 6.07) is -1.48. The molecule has 328 valence electrons. The summed E-state index contributed by atoms with van der Waals surface area (Å²) in [5.41, 5.74) is 5.35. The molecule has 0 aliphatic carbocycles. The average Bonchev–Trinajstić information content (AvgIpc) is 3.19. The number of nitrogens with two attached hydrogens (primary N) is 1. The number of carboxylic acid groups (broad SMARTS) is 1. The number of carbonyl (C=O) groups is 2. The minimum Gasteiger partial charge on any atom is -0.480 e. The van der Waals surface area contributed by atoms with Crippen LogP contribution in [0.2, 0.25) is 0 Å². The molecule has 0 aromatic heterocycles. The van der Waals surface area contributed by atoms with Crippen molar-refractivity contribution in [2.24, 2.45) is 5.73 Å². The average molecular weight is 822 g/mol. The highest BCUT2D eigenvalue weighted by Crippen LogP contribution is 2.43. The molecular weight excluding hydrogens is 741 g/mol. The number of esters is 1. The minimum atomic E-state index is -4.63. The zero-order valence-corrected chi connectivity index (χ0v) is 36.6. The van der Waals surface area contributed by atoms with Crippen molar-refractivity contribution in [3.63, 3.8) is 0 Å². The Morgan fingerprint density at radius 1 is 0.579 bits per heavy atom. The van der Waals surface area contributed by atoms with Gasteiger partial charge in [0.2, 0.25) is 0 Å². The van der Waals surface area contributed by atoms with Crippen LogP contribution >= 0.6 is 7.82 Å². The number of unbranched alkanes of at least 4 members (excludes halogenated alkanes) is 15. The smallest absolute Gasteiger partial charge is 0.472 e. The van der Waals surface area contributed by atoms with E-state index in [4.69, 9.17) is 29.4 Å². The number of phosphoric acid groups is 1. The lowest BCUT2D eigenvalue weighted by atomic mass is 10.1. The predicted octanol–water partition coefficient (Wildman–Crippen LogP) is 12.2. The van der Waals surface area contributed by atoms with Gasteiger partial charge in [-0.2, -0.15) is 0 Å². The van der Waals surface area contributed by atoms with Gasteiger partial charge in [-0.15, -0.1) is 0 Å². The van der Waals surface area contributed by atoms with Crippen LogP contribution in [0, 0.1) is 0 Å². The van der Waals surface area contributed by atoms with E-state index in [1.807, 2.05) is 0 Å². The molecule has 3 unspecified atom stereocenters. The summed E-state index contributed by atoms with van der Waals surface area (Å²) in [5, 5.41) is 8.90. The first-order valence-electron chi connectivity index (χ1n) is 22.0. The molecule has 0 aliphatic rings. The Morgan fingerprint density at radius 3 is 1.53 bits per heavy atom. The molecule has 3 atom stereocenters. The van der Waals surface area contributed by atoms with Crippen LogP contribution in [-0.2, 0) is 32.7 Å². The van der Waals surface area contributed by atoms with Crippen molar-refractivity contribution in [2.45, 2.75) is 180 Å². The molecule has 57 heavy (non-hydrogen) atoms. The van der Waals surface area contributed by atoms with E-state index in [0.29, 0.717) is 13.0 Å². The summed E-state index contributed by atoms with van der Waals surface area (Å²) in [4.78, 5) is 33.5. The van der Waals surface area contributed by atoms with E-state index in [9.17, 15) is 19.0 Å². The third kappa shape index (κ3) is 41.4. The molecule has 0 bridgehead atoms. The van der Waals surface area contributed by atoms with Gasteiger partial charge in [-0.3, -0.25) is 18.6 Å². The molecule has 0 rings (SSSR count). The first kappa shape index (κ1) is 54.4. The molecule has 0 fully saturated rings. The highest BCUT2D eigenvalue weighted by Gasteiger charge is 2.27. The second kappa shape index (κ2) is 41.6. The van der Waals surface area contributed by atoms with E-state index in [2.05, 4.69) is 86.8 Å². The standard InChI is InChI=1S/C46H80NO9P/c1-3-5-7-9-11-13-15-17-19-20-21-22-23-25-27-29-31-33-35-37-39-53-40-43(41-54-57(51,52)55-42-44(47)46(49)50)56-45(48)38-36-34-32-30-28-26-24-18-16-14-12-10-8-6-4-2/h5,7,11-14,17-19,21-22,24,43-44H,3-4,6,8-10,15-16,20,23,25-42,47H2,1-2H3,(H,49,50)(H,51,52)/b7-5-,13-11-,14-12-,19-17-,22-21-,24-18-. The second-order valence-corrected chi connectivity index (χ2v) is 15.9. The summed E-state index contributed by atoms with van der Waals surface area (Å²) < 4.78 is 33.3. The van der Waals surface area contributed by atoms with Gasteiger partial charge in [0.1, 0.15) is 12.1 Å². The third-order valence-electron chi connectivity index (χ3n) is 8.97. The van der Waals surface area contributed by atoms with Gasteiger partial charge in [0.15, 0.2) is 0 Å². The molecule has 0 radical (unpaired) electrons. The molecular formula is C46H80NO9P. The van der Waals surface area contributed by atoms with E-state index in [1.165, 1.54) is 51.4 Å². The molecule has 10 nitrogen and oxygen atoms in total. The fraction of sp³-hybridized carbons (Fsp3) is 0.696. The number of hydrogen-bond acceptors (Lipinski definition) is 8. The zero-order chi connectivity index (χ0) is 41.9. The Morgan fingerprint density at radius 2 is 1.02 bits per heavy atom. The van der Waals surface area contributed by atoms with Gasteiger partial charge < -0.3 is 25.2 Å². The summed E-state index contributed by atoms with van der Waals surface area (Å²) in [7, 11) is -4.63. The van der Waals surface area contributed by atoms with Crippen molar-refractivity contribution in [3.05, 3.63) is 72.9 Å². The van der Waals surface area contributed by atoms with E-state index in [-0.39, 0.29) is 13.0 Å². The maximum Gasteiger partial charge on any atom is 0.472 e. The second-order valence-electron chi connectivity index (χ2n) is 14.4. The Bertz CT molecular complexity index is 1180. The van der Waals surface area contributed by atoms with Crippen LogP contribution in [0.4, 0.5) is 0 Å². The molecule has 0 spiro atoms. The van der Waals surface area contributed by atoms with Crippen LogP contribution in [0.5, 0.6) is 0 Å². The van der Waals surface area contributed by atoms with Crippen molar-refractivity contribution in [3.8, 4) is 0 Å². The maximum absolute atomic E-state index is 12.6. The molecule has 4 N–H and O–H groups in total. The lowest BCUT2D eigenvalue weighted by molar-refractivity contribution is -0.154. The summed E-state index contributed by atoms with van der Waals surface area (Å²) in [6.45, 7) is 3.68. The minimum absolute atomic E-state index is 0.000155. The Labute approximate surface area is 346 Å². The first-order chi connectivity index (χ1) is 27.7. The van der Waals surface area contributed by atoms with Gasteiger partial charge in [0.05, 0.1) is 19.8 Å². The van der Waals surface area contributed by atoms with Crippen LogP contribution in [-0.4, -0.2) is 60.5 Å². The van der Waals surface area contributed by atoms with Crippen molar-refractivity contribution in [1.29, 1.82) is 0 Å². The molecule has 0 saturated carbocycles. The van der Waals surface area contributed by atoms with E-state index >= 15 is 0 Å². The van der Waals surface area contributed by atoms with Gasteiger partial charge in [-0.1, -0.05) is 151 Å². The Hall–Kier alpha value is -2.59. The van der Waals surface area contributed by atoms with Gasteiger partial charge in [-0.05, 0) is 83.5 Å². The predicted molar refractivity (Wildman–Crippen MR) is 235 cm³/mol. The number of rotatable bonds is 41. The normalized spacial score (nSPS) is 14.6. The number of carboxylic acids is 1. The molecule has 0 amide bonds. The summed E-state index contributed by atoms with van der Waals surface area (Å²) in [5.74, 6) is -1.80. The van der Waals surface area contributed by atoms with Crippen LogP contribution < -0.4 is 5.73 Å². The fourth-order valence-corrected chi connectivity index (χ4v) is 6.34. The van der Waals surface area contributed by atoms with E-state index in [1.54, 1.807) is 0 Å². The van der Waals surface area contributed by atoms with Crippen molar-refractivity contribution < 1.29 is 42.7 Å². The number of aliphatic carboxylic acids is 1. The number of allylic oxidation sites excluding steroid dienone is 12. The molecule has 0 aromatic carbocycles. The molecule has 0 saturated heterocycles. The van der Waals surface area contributed by atoms with Gasteiger partial charge in [0, 0.05) is 13.0 Å².